The Labute approximate surface area is 187 Å². The lowest BCUT2D eigenvalue weighted by Gasteiger charge is -2.38. The van der Waals surface area contributed by atoms with Gasteiger partial charge >= 0.3 is 12.1 Å². The zero-order valence-corrected chi connectivity index (χ0v) is 18.4. The fourth-order valence-electron chi connectivity index (χ4n) is 4.48. The van der Waals surface area contributed by atoms with Gasteiger partial charge in [-0.05, 0) is 49.3 Å². The molecule has 3 atom stereocenters. The third-order valence-corrected chi connectivity index (χ3v) is 6.28. The van der Waals surface area contributed by atoms with E-state index in [1.165, 1.54) is 0 Å². The lowest BCUT2D eigenvalue weighted by atomic mass is 9.87. The molecule has 0 saturated carbocycles. The molecule has 3 rings (SSSR count). The number of carbonyl (C=O) groups is 2. The highest BCUT2D eigenvalue weighted by Crippen LogP contribution is 2.29. The van der Waals surface area contributed by atoms with Crippen LogP contribution < -0.4 is 16.2 Å². The maximum atomic E-state index is 12.5. The second-order valence-electron chi connectivity index (χ2n) is 8.45. The van der Waals surface area contributed by atoms with Crippen LogP contribution in [0.5, 0.6) is 5.75 Å². The summed E-state index contributed by atoms with van der Waals surface area (Å²) >= 11 is 0. The van der Waals surface area contributed by atoms with Gasteiger partial charge in [0.25, 0.3) is 0 Å². The SMILES string of the molecule is CCC(C1CCN(C(=N)N)CC1)N1CC(COc2ccc(CC(N)C(=O)O)cc2)OC1=O. The van der Waals surface area contributed by atoms with Gasteiger partial charge in [-0.2, -0.15) is 0 Å². The normalized spacial score (nSPS) is 21.2. The molecule has 1 amide bonds. The van der Waals surface area contributed by atoms with E-state index in [1.807, 2.05) is 9.80 Å². The van der Waals surface area contributed by atoms with E-state index in [-0.39, 0.29) is 37.2 Å². The van der Waals surface area contributed by atoms with Gasteiger partial charge in [-0.1, -0.05) is 19.1 Å². The largest absolute Gasteiger partial charge is 0.490 e. The molecule has 0 spiro atoms. The topological polar surface area (TPSA) is 155 Å². The van der Waals surface area contributed by atoms with Gasteiger partial charge in [-0.15, -0.1) is 0 Å². The number of nitrogens with zero attached hydrogens (tertiary/aromatic N) is 2. The first-order valence-corrected chi connectivity index (χ1v) is 11.0. The number of aliphatic carboxylic acids is 1. The summed E-state index contributed by atoms with van der Waals surface area (Å²) in [6.07, 6.45) is 2.20. The zero-order valence-electron chi connectivity index (χ0n) is 18.4. The highest BCUT2D eigenvalue weighted by molar-refractivity contribution is 5.74. The van der Waals surface area contributed by atoms with Crippen LogP contribution in [0, 0.1) is 11.3 Å². The third kappa shape index (κ3) is 5.82. The molecule has 1 aromatic carbocycles. The van der Waals surface area contributed by atoms with Crippen LogP contribution in [0.15, 0.2) is 24.3 Å². The van der Waals surface area contributed by atoms with Gasteiger partial charge in [0.15, 0.2) is 12.1 Å². The third-order valence-electron chi connectivity index (χ3n) is 6.28. The van der Waals surface area contributed by atoms with Gasteiger partial charge < -0.3 is 35.8 Å². The molecular weight excluding hydrogens is 414 g/mol. The van der Waals surface area contributed by atoms with E-state index < -0.39 is 12.0 Å². The number of benzene rings is 1. The molecule has 2 aliphatic heterocycles. The molecule has 1 aromatic rings. The molecule has 176 valence electrons. The fraction of sp³-hybridized carbons (Fsp3) is 0.591. The van der Waals surface area contributed by atoms with Crippen LogP contribution in [-0.4, -0.2) is 77.4 Å². The molecule has 6 N–H and O–H groups in total. The Morgan fingerprint density at radius 2 is 1.97 bits per heavy atom. The average molecular weight is 448 g/mol. The summed E-state index contributed by atoms with van der Waals surface area (Å²) in [5.74, 6) is 0.0445. The first kappa shape index (κ1) is 23.6. The molecule has 3 unspecified atom stereocenters. The van der Waals surface area contributed by atoms with E-state index in [4.69, 9.17) is 31.5 Å². The molecule has 32 heavy (non-hydrogen) atoms. The zero-order chi connectivity index (χ0) is 23.3. The number of nitrogens with one attached hydrogen (secondary N) is 1. The highest BCUT2D eigenvalue weighted by atomic mass is 16.6. The fourth-order valence-corrected chi connectivity index (χ4v) is 4.48. The van der Waals surface area contributed by atoms with Crippen molar-refractivity contribution in [3.05, 3.63) is 29.8 Å². The molecule has 2 heterocycles. The number of guanidine groups is 1. The number of piperidine rings is 1. The summed E-state index contributed by atoms with van der Waals surface area (Å²) in [7, 11) is 0. The maximum Gasteiger partial charge on any atom is 0.410 e. The molecule has 0 bridgehead atoms. The summed E-state index contributed by atoms with van der Waals surface area (Å²) in [6, 6.07) is 6.25. The van der Waals surface area contributed by atoms with E-state index >= 15 is 0 Å². The van der Waals surface area contributed by atoms with Gasteiger partial charge in [-0.3, -0.25) is 10.2 Å². The van der Waals surface area contributed by atoms with Crippen molar-refractivity contribution in [1.29, 1.82) is 5.41 Å². The van der Waals surface area contributed by atoms with Crippen LogP contribution in [0.4, 0.5) is 4.79 Å². The van der Waals surface area contributed by atoms with Gasteiger partial charge in [0.2, 0.25) is 0 Å². The van der Waals surface area contributed by atoms with Crippen molar-refractivity contribution in [3.8, 4) is 5.75 Å². The molecule has 0 aromatic heterocycles. The number of carboxylic acid groups (broad SMARTS) is 1. The quantitative estimate of drug-likeness (QED) is 0.325. The molecule has 10 nitrogen and oxygen atoms in total. The number of carbonyl (C=O) groups excluding carboxylic acids is 1. The van der Waals surface area contributed by atoms with Gasteiger partial charge in [-0.25, -0.2) is 4.79 Å². The van der Waals surface area contributed by atoms with Crippen LogP contribution in [0.25, 0.3) is 0 Å². The number of amides is 1. The van der Waals surface area contributed by atoms with Crippen molar-refractivity contribution < 1.29 is 24.2 Å². The maximum absolute atomic E-state index is 12.5. The van der Waals surface area contributed by atoms with E-state index in [9.17, 15) is 9.59 Å². The minimum Gasteiger partial charge on any atom is -0.490 e. The van der Waals surface area contributed by atoms with Crippen LogP contribution in [0.1, 0.15) is 31.7 Å². The van der Waals surface area contributed by atoms with Crippen molar-refractivity contribution in [2.75, 3.05) is 26.2 Å². The van der Waals surface area contributed by atoms with Crippen molar-refractivity contribution in [1.82, 2.24) is 9.80 Å². The summed E-state index contributed by atoms with van der Waals surface area (Å²) < 4.78 is 11.3. The number of hydrogen-bond donors (Lipinski definition) is 4. The Kier molecular flexibility index (Phi) is 7.79. The Morgan fingerprint density at radius 3 is 2.53 bits per heavy atom. The van der Waals surface area contributed by atoms with E-state index in [0.29, 0.717) is 18.2 Å². The lowest BCUT2D eigenvalue weighted by molar-refractivity contribution is -0.138. The van der Waals surface area contributed by atoms with E-state index in [2.05, 4.69) is 6.92 Å². The highest BCUT2D eigenvalue weighted by Gasteiger charge is 2.39. The van der Waals surface area contributed by atoms with Crippen LogP contribution >= 0.6 is 0 Å². The number of hydrogen-bond acceptors (Lipinski definition) is 6. The summed E-state index contributed by atoms with van der Waals surface area (Å²) in [5, 5.41) is 16.5. The number of rotatable bonds is 9. The Hall–Kier alpha value is -3.01. The minimum atomic E-state index is -1.03. The Balaban J connectivity index is 1.50. The van der Waals surface area contributed by atoms with Crippen LogP contribution in [0.2, 0.25) is 0 Å². The van der Waals surface area contributed by atoms with Crippen molar-refractivity contribution >= 4 is 18.0 Å². The molecular formula is C22H33N5O5. The van der Waals surface area contributed by atoms with Gasteiger partial charge in [0.1, 0.15) is 18.4 Å². The molecule has 2 aliphatic rings. The average Bonchev–Trinajstić information content (AvgIpc) is 3.14. The van der Waals surface area contributed by atoms with Crippen LogP contribution in [-0.2, 0) is 16.0 Å². The molecule has 0 radical (unpaired) electrons. The summed E-state index contributed by atoms with van der Waals surface area (Å²) in [4.78, 5) is 27.1. The lowest BCUT2D eigenvalue weighted by Crippen LogP contribution is -2.48. The number of ether oxygens (including phenoxy) is 2. The smallest absolute Gasteiger partial charge is 0.410 e. The van der Waals surface area contributed by atoms with E-state index in [1.54, 1.807) is 24.3 Å². The Morgan fingerprint density at radius 1 is 1.31 bits per heavy atom. The summed E-state index contributed by atoms with van der Waals surface area (Å²) in [5.41, 5.74) is 12.0. The molecule has 2 saturated heterocycles. The van der Waals surface area contributed by atoms with E-state index in [0.717, 1.165) is 37.9 Å². The first-order chi connectivity index (χ1) is 15.3. The monoisotopic (exact) mass is 447 g/mol. The van der Waals surface area contributed by atoms with Crippen molar-refractivity contribution in [2.24, 2.45) is 17.4 Å². The number of cyclic esters (lactones) is 1. The second-order valence-corrected chi connectivity index (χ2v) is 8.45. The van der Waals surface area contributed by atoms with Crippen LogP contribution in [0.3, 0.4) is 0 Å². The first-order valence-electron chi connectivity index (χ1n) is 11.0. The molecule has 2 fully saturated rings. The van der Waals surface area contributed by atoms with Crippen molar-refractivity contribution in [2.45, 2.75) is 50.8 Å². The molecule has 0 aliphatic carbocycles. The van der Waals surface area contributed by atoms with Crippen molar-refractivity contribution in [3.63, 3.8) is 0 Å². The Bertz CT molecular complexity index is 809. The van der Waals surface area contributed by atoms with Gasteiger partial charge in [0, 0.05) is 19.1 Å². The second kappa shape index (κ2) is 10.5. The number of likely N-dealkylation sites (tertiary alicyclic amines) is 1. The number of nitrogens with two attached hydrogens (primary N) is 2. The predicted octanol–water partition coefficient (Wildman–Crippen LogP) is 1.22. The van der Waals surface area contributed by atoms with Gasteiger partial charge in [0.05, 0.1) is 6.54 Å². The number of carboxylic acids is 1. The minimum absolute atomic E-state index is 0.0966. The summed E-state index contributed by atoms with van der Waals surface area (Å²) in [6.45, 7) is 4.28. The predicted molar refractivity (Wildman–Crippen MR) is 119 cm³/mol. The molecule has 10 heteroatoms. The standard InChI is InChI=1S/C22H33N5O5/c1-2-19(15-7-9-26(10-8-15)21(24)25)27-12-17(32-22(27)30)13-31-16-5-3-14(4-6-16)11-18(23)20(28)29/h3-6,15,17-19H,2,7-13,23H2,1H3,(H3,24,25)(H,28,29).